The summed E-state index contributed by atoms with van der Waals surface area (Å²) in [6.07, 6.45) is 8.15. The van der Waals surface area contributed by atoms with E-state index in [0.717, 1.165) is 37.6 Å². The Morgan fingerprint density at radius 1 is 1.11 bits per heavy atom. The van der Waals surface area contributed by atoms with Gasteiger partial charge in [-0.3, -0.25) is 4.90 Å². The average Bonchev–Trinajstić information content (AvgIpc) is 3.43. The third-order valence-electron chi connectivity index (χ3n) is 6.28. The molecule has 3 aromatic heterocycles. The van der Waals surface area contributed by atoms with E-state index in [4.69, 9.17) is 4.74 Å². The van der Waals surface area contributed by atoms with Gasteiger partial charge in [-0.15, -0.1) is 0 Å². The molecular weight excluding hydrogens is 368 g/mol. The highest BCUT2D eigenvalue weighted by Gasteiger charge is 2.44. The summed E-state index contributed by atoms with van der Waals surface area (Å²) in [5.74, 6) is 3.19. The first kappa shape index (κ1) is 17.9. The van der Waals surface area contributed by atoms with Crippen LogP contribution in [0.3, 0.4) is 0 Å². The Morgan fingerprint density at radius 3 is 2.71 bits per heavy atom. The van der Waals surface area contributed by atoms with Crippen LogP contribution in [0.1, 0.15) is 30.3 Å². The summed E-state index contributed by atoms with van der Waals surface area (Å²) in [5.41, 5.74) is 1.44. The minimum Gasteiger partial charge on any atom is -0.472 e. The molecule has 0 unspecified atom stereocenters. The number of rotatable bonds is 5. The Morgan fingerprint density at radius 2 is 2.00 bits per heavy atom. The molecule has 5 nitrogen and oxygen atoms in total. The van der Waals surface area contributed by atoms with Crippen molar-refractivity contribution in [2.45, 2.75) is 38.5 Å². The fourth-order valence-electron chi connectivity index (χ4n) is 4.99. The molecule has 28 heavy (non-hydrogen) atoms. The Bertz CT molecular complexity index is 894. The van der Waals surface area contributed by atoms with E-state index in [-0.39, 0.29) is 6.10 Å². The number of ether oxygens (including phenoxy) is 1. The zero-order valence-electron chi connectivity index (χ0n) is 16.1. The summed E-state index contributed by atoms with van der Waals surface area (Å²) in [6.45, 7) is 5.50. The predicted molar refractivity (Wildman–Crippen MR) is 110 cm³/mol. The van der Waals surface area contributed by atoms with Crippen LogP contribution in [0.25, 0.3) is 0 Å². The van der Waals surface area contributed by atoms with Crippen molar-refractivity contribution in [1.29, 1.82) is 0 Å². The molecule has 1 aliphatic carbocycles. The van der Waals surface area contributed by atoms with Gasteiger partial charge in [0.1, 0.15) is 11.9 Å². The van der Waals surface area contributed by atoms with Gasteiger partial charge in [0.05, 0.1) is 6.04 Å². The van der Waals surface area contributed by atoms with Gasteiger partial charge in [0.15, 0.2) is 0 Å². The van der Waals surface area contributed by atoms with Gasteiger partial charge in [0.2, 0.25) is 5.88 Å². The molecule has 4 heterocycles. The van der Waals surface area contributed by atoms with Crippen LogP contribution in [0.5, 0.6) is 5.88 Å². The second-order valence-electron chi connectivity index (χ2n) is 8.09. The maximum Gasteiger partial charge on any atom is 0.213 e. The molecule has 146 valence electrons. The third kappa shape index (κ3) is 3.59. The summed E-state index contributed by atoms with van der Waals surface area (Å²) in [4.78, 5) is 11.5. The number of aromatic nitrogens is 3. The lowest BCUT2D eigenvalue weighted by Gasteiger charge is -2.38. The first-order valence-electron chi connectivity index (χ1n) is 10.1. The van der Waals surface area contributed by atoms with Crippen LogP contribution in [-0.4, -0.2) is 38.6 Å². The van der Waals surface area contributed by atoms with E-state index >= 15 is 0 Å². The lowest BCUT2D eigenvalue weighted by atomic mass is 9.77. The van der Waals surface area contributed by atoms with Crippen LogP contribution >= 0.6 is 11.3 Å². The number of imidazole rings is 1. The van der Waals surface area contributed by atoms with Crippen molar-refractivity contribution in [3.05, 3.63) is 65.0 Å². The maximum atomic E-state index is 6.42. The van der Waals surface area contributed by atoms with Crippen molar-refractivity contribution in [3.63, 3.8) is 0 Å². The number of nitrogens with zero attached hydrogens (tertiary/aromatic N) is 4. The number of pyridine rings is 1. The molecule has 1 saturated heterocycles. The van der Waals surface area contributed by atoms with Gasteiger partial charge in [0.25, 0.3) is 0 Å². The van der Waals surface area contributed by atoms with Gasteiger partial charge in [-0.2, -0.15) is 11.3 Å². The molecule has 2 fully saturated rings. The topological polar surface area (TPSA) is 43.2 Å². The second-order valence-corrected chi connectivity index (χ2v) is 8.87. The SMILES string of the molecule is Cc1nccn1[C@H]1C[C@H]2CN(Cc3ccsc3)C[C@H]2C[C@@H]1Oc1ccccn1. The highest BCUT2D eigenvalue weighted by molar-refractivity contribution is 7.07. The Labute approximate surface area is 170 Å². The van der Waals surface area contributed by atoms with Gasteiger partial charge < -0.3 is 9.30 Å². The Balaban J connectivity index is 1.36. The molecule has 0 bridgehead atoms. The molecule has 6 heteroatoms. The maximum absolute atomic E-state index is 6.42. The van der Waals surface area contributed by atoms with Crippen molar-refractivity contribution in [3.8, 4) is 5.88 Å². The Kier molecular flexibility index (Phi) is 4.91. The van der Waals surface area contributed by atoms with Gasteiger partial charge in [-0.1, -0.05) is 6.07 Å². The second kappa shape index (κ2) is 7.68. The number of likely N-dealkylation sites (tertiary alicyclic amines) is 1. The van der Waals surface area contributed by atoms with E-state index in [2.05, 4.69) is 49.4 Å². The lowest BCUT2D eigenvalue weighted by molar-refractivity contribution is 0.0504. The predicted octanol–water partition coefficient (Wildman–Crippen LogP) is 4.18. The van der Waals surface area contributed by atoms with Crippen molar-refractivity contribution in [2.24, 2.45) is 11.8 Å². The van der Waals surface area contributed by atoms with Crippen molar-refractivity contribution in [2.75, 3.05) is 13.1 Å². The minimum atomic E-state index is 0.130. The molecule has 5 rings (SSSR count). The highest BCUT2D eigenvalue weighted by Crippen LogP contribution is 2.43. The van der Waals surface area contributed by atoms with Gasteiger partial charge in [-0.05, 0) is 60.1 Å². The Hall–Kier alpha value is -2.18. The van der Waals surface area contributed by atoms with E-state index in [9.17, 15) is 0 Å². The van der Waals surface area contributed by atoms with E-state index in [1.807, 2.05) is 24.4 Å². The summed E-state index contributed by atoms with van der Waals surface area (Å²) in [6, 6.07) is 8.44. The van der Waals surface area contributed by atoms with Crippen LogP contribution in [0.2, 0.25) is 0 Å². The average molecular weight is 395 g/mol. The van der Waals surface area contributed by atoms with Gasteiger partial charge >= 0.3 is 0 Å². The van der Waals surface area contributed by atoms with Crippen LogP contribution in [-0.2, 0) is 6.54 Å². The quantitative estimate of drug-likeness (QED) is 0.651. The monoisotopic (exact) mass is 394 g/mol. The molecule has 2 aliphatic rings. The number of fused-ring (bicyclic) bond motifs is 1. The molecular formula is C22H26N4OS. The number of thiophene rings is 1. The lowest BCUT2D eigenvalue weighted by Crippen LogP contribution is -2.40. The third-order valence-corrected chi connectivity index (χ3v) is 7.01. The normalized spacial score (nSPS) is 27.6. The first-order chi connectivity index (χ1) is 13.8. The van der Waals surface area contributed by atoms with E-state index in [1.54, 1.807) is 17.5 Å². The van der Waals surface area contributed by atoms with Crippen LogP contribution < -0.4 is 4.74 Å². The van der Waals surface area contributed by atoms with Gasteiger partial charge in [0, 0.05) is 44.3 Å². The van der Waals surface area contributed by atoms with E-state index in [0.29, 0.717) is 17.9 Å². The number of aryl methyl sites for hydroxylation is 1. The molecule has 4 atom stereocenters. The fraction of sp³-hybridized carbons (Fsp3) is 0.455. The van der Waals surface area contributed by atoms with E-state index < -0.39 is 0 Å². The summed E-state index contributed by atoms with van der Waals surface area (Å²) < 4.78 is 8.73. The fourth-order valence-corrected chi connectivity index (χ4v) is 5.65. The number of hydrogen-bond acceptors (Lipinski definition) is 5. The summed E-state index contributed by atoms with van der Waals surface area (Å²) in [5, 5.41) is 4.44. The molecule has 1 aliphatic heterocycles. The van der Waals surface area contributed by atoms with Crippen molar-refractivity contribution in [1.82, 2.24) is 19.4 Å². The van der Waals surface area contributed by atoms with Crippen LogP contribution in [0.15, 0.2) is 53.6 Å². The van der Waals surface area contributed by atoms with Gasteiger partial charge in [-0.25, -0.2) is 9.97 Å². The zero-order chi connectivity index (χ0) is 18.9. The number of hydrogen-bond donors (Lipinski definition) is 0. The van der Waals surface area contributed by atoms with Crippen molar-refractivity contribution < 1.29 is 4.74 Å². The minimum absolute atomic E-state index is 0.130. The molecule has 0 aromatic carbocycles. The summed E-state index contributed by atoms with van der Waals surface area (Å²) in [7, 11) is 0. The van der Waals surface area contributed by atoms with Crippen LogP contribution in [0, 0.1) is 18.8 Å². The molecule has 0 N–H and O–H groups in total. The molecule has 0 radical (unpaired) electrons. The van der Waals surface area contributed by atoms with Crippen molar-refractivity contribution >= 4 is 11.3 Å². The first-order valence-corrected chi connectivity index (χ1v) is 11.0. The molecule has 0 spiro atoms. The standard InChI is InChI=1S/C22H26N4OS/c1-16-23-7-8-26(16)20-10-18-13-25(12-17-5-9-28-15-17)14-19(18)11-21(20)27-22-4-2-3-6-24-22/h2-9,15,18-21H,10-14H2,1H3/t18-,19+,20-,21-/m0/s1. The molecule has 3 aromatic rings. The largest absolute Gasteiger partial charge is 0.472 e. The molecule has 1 saturated carbocycles. The van der Waals surface area contributed by atoms with Crippen LogP contribution in [0.4, 0.5) is 0 Å². The highest BCUT2D eigenvalue weighted by atomic mass is 32.1. The zero-order valence-corrected chi connectivity index (χ0v) is 17.0. The summed E-state index contributed by atoms with van der Waals surface area (Å²) >= 11 is 1.79. The molecule has 0 amide bonds. The smallest absolute Gasteiger partial charge is 0.213 e. The van der Waals surface area contributed by atoms with E-state index in [1.165, 1.54) is 12.1 Å².